The molecule has 0 radical (unpaired) electrons. The van der Waals surface area contributed by atoms with Crippen molar-refractivity contribution in [3.05, 3.63) is 59.9 Å². The maximum absolute atomic E-state index is 6.24. The van der Waals surface area contributed by atoms with E-state index in [1.807, 2.05) is 30.5 Å². The Hall–Kier alpha value is -1.87. The first-order valence-corrected chi connectivity index (χ1v) is 6.22. The van der Waals surface area contributed by atoms with Gasteiger partial charge in [-0.1, -0.05) is 24.3 Å². The molecule has 2 N–H and O–H groups in total. The highest BCUT2D eigenvalue weighted by Crippen LogP contribution is 2.29. The van der Waals surface area contributed by atoms with Crippen molar-refractivity contribution < 1.29 is 4.74 Å². The molecule has 1 aromatic carbocycles. The van der Waals surface area contributed by atoms with Crippen molar-refractivity contribution in [3.8, 4) is 5.75 Å². The summed E-state index contributed by atoms with van der Waals surface area (Å²) < 4.78 is 5.90. The molecule has 2 heterocycles. The molecule has 1 aliphatic heterocycles. The van der Waals surface area contributed by atoms with Crippen molar-refractivity contribution in [2.75, 3.05) is 0 Å². The van der Waals surface area contributed by atoms with Gasteiger partial charge in [-0.2, -0.15) is 0 Å². The average molecular weight is 240 g/mol. The first-order valence-electron chi connectivity index (χ1n) is 6.22. The van der Waals surface area contributed by atoms with Crippen LogP contribution >= 0.6 is 0 Å². The van der Waals surface area contributed by atoms with Gasteiger partial charge in [0.05, 0.1) is 0 Å². The van der Waals surface area contributed by atoms with E-state index in [9.17, 15) is 0 Å². The fraction of sp³-hybridized carbons (Fsp3) is 0.267. The Kier molecular flexibility index (Phi) is 2.99. The largest absolute Gasteiger partial charge is 0.488 e. The second-order valence-electron chi connectivity index (χ2n) is 4.70. The topological polar surface area (TPSA) is 48.1 Å². The minimum atomic E-state index is 0.00148. The maximum Gasteiger partial charge on any atom is 0.123 e. The molecule has 2 atom stereocenters. The molecule has 0 saturated carbocycles. The minimum Gasteiger partial charge on any atom is -0.488 e. The van der Waals surface area contributed by atoms with Gasteiger partial charge in [-0.25, -0.2) is 0 Å². The molecular weight excluding hydrogens is 224 g/mol. The van der Waals surface area contributed by atoms with Crippen LogP contribution < -0.4 is 10.5 Å². The van der Waals surface area contributed by atoms with Crippen LogP contribution in [0.25, 0.3) is 0 Å². The lowest BCUT2D eigenvalue weighted by Gasteiger charge is -2.18. The Labute approximate surface area is 107 Å². The molecule has 2 aromatic rings. The van der Waals surface area contributed by atoms with Gasteiger partial charge in [0.2, 0.25) is 0 Å². The van der Waals surface area contributed by atoms with Gasteiger partial charge in [-0.3, -0.25) is 4.98 Å². The maximum atomic E-state index is 6.24. The lowest BCUT2D eigenvalue weighted by atomic mass is 10.00. The van der Waals surface area contributed by atoms with Gasteiger partial charge in [-0.15, -0.1) is 0 Å². The molecule has 18 heavy (non-hydrogen) atoms. The Morgan fingerprint density at radius 1 is 1.28 bits per heavy atom. The van der Waals surface area contributed by atoms with Crippen LogP contribution in [0.1, 0.15) is 11.1 Å². The zero-order chi connectivity index (χ0) is 12.4. The molecule has 1 aromatic heterocycles. The lowest BCUT2D eigenvalue weighted by Crippen LogP contribution is -2.39. The van der Waals surface area contributed by atoms with E-state index < -0.39 is 0 Å². The molecular formula is C15H16N2O. The third-order valence-electron chi connectivity index (χ3n) is 3.34. The third-order valence-corrected chi connectivity index (χ3v) is 3.34. The smallest absolute Gasteiger partial charge is 0.123 e. The quantitative estimate of drug-likeness (QED) is 0.892. The molecule has 1 aliphatic rings. The highest BCUT2D eigenvalue weighted by atomic mass is 16.5. The zero-order valence-electron chi connectivity index (χ0n) is 10.1. The number of nitrogens with zero attached hydrogens (tertiary/aromatic N) is 1. The van der Waals surface area contributed by atoms with Crippen LogP contribution in [0.3, 0.4) is 0 Å². The van der Waals surface area contributed by atoms with Crippen LogP contribution in [0.4, 0.5) is 0 Å². The van der Waals surface area contributed by atoms with Crippen LogP contribution in [0.2, 0.25) is 0 Å². The van der Waals surface area contributed by atoms with Crippen LogP contribution in [-0.2, 0) is 12.8 Å². The van der Waals surface area contributed by atoms with E-state index in [-0.39, 0.29) is 12.1 Å². The zero-order valence-corrected chi connectivity index (χ0v) is 10.1. The van der Waals surface area contributed by atoms with Gasteiger partial charge in [0.25, 0.3) is 0 Å². The highest BCUT2D eigenvalue weighted by Gasteiger charge is 2.27. The minimum absolute atomic E-state index is 0.00148. The van der Waals surface area contributed by atoms with Crippen LogP contribution in [0.15, 0.2) is 48.8 Å². The summed E-state index contributed by atoms with van der Waals surface area (Å²) in [5.41, 5.74) is 8.65. The van der Waals surface area contributed by atoms with Crippen molar-refractivity contribution in [1.82, 2.24) is 4.98 Å². The van der Waals surface area contributed by atoms with Crippen molar-refractivity contribution >= 4 is 0 Å². The Morgan fingerprint density at radius 3 is 2.94 bits per heavy atom. The monoisotopic (exact) mass is 240 g/mol. The molecule has 3 rings (SSSR count). The Balaban J connectivity index is 1.67. The molecule has 0 bridgehead atoms. The van der Waals surface area contributed by atoms with E-state index >= 15 is 0 Å². The summed E-state index contributed by atoms with van der Waals surface area (Å²) >= 11 is 0. The molecule has 92 valence electrons. The number of para-hydroxylation sites is 1. The standard InChI is InChI=1S/C15H16N2O/c16-13(8-11-4-3-7-17-10-11)15-9-12-5-1-2-6-14(12)18-15/h1-7,10,13,15H,8-9,16H2. The number of benzene rings is 1. The number of aromatic nitrogens is 1. The number of pyridine rings is 1. The molecule has 0 aliphatic carbocycles. The number of fused-ring (bicyclic) bond motifs is 1. The van der Waals surface area contributed by atoms with Crippen molar-refractivity contribution in [3.63, 3.8) is 0 Å². The normalized spacial score (nSPS) is 19.1. The molecule has 3 heteroatoms. The average Bonchev–Trinajstić information content (AvgIpc) is 2.84. The highest BCUT2D eigenvalue weighted by molar-refractivity contribution is 5.37. The molecule has 0 amide bonds. The number of rotatable bonds is 3. The number of hydrogen-bond acceptors (Lipinski definition) is 3. The fourth-order valence-electron chi connectivity index (χ4n) is 2.37. The van der Waals surface area contributed by atoms with Gasteiger partial charge in [0, 0.05) is 24.9 Å². The van der Waals surface area contributed by atoms with Gasteiger partial charge in [0.1, 0.15) is 11.9 Å². The first-order chi connectivity index (χ1) is 8.83. The second-order valence-corrected chi connectivity index (χ2v) is 4.70. The molecule has 3 nitrogen and oxygen atoms in total. The molecule has 0 spiro atoms. The van der Waals surface area contributed by atoms with E-state index in [2.05, 4.69) is 17.1 Å². The first kappa shape index (κ1) is 11.2. The predicted octanol–water partition coefficient (Wildman–Crippen LogP) is 1.96. The van der Waals surface area contributed by atoms with Crippen molar-refractivity contribution in [2.24, 2.45) is 5.73 Å². The number of nitrogens with two attached hydrogens (primary N) is 1. The van der Waals surface area contributed by atoms with E-state index in [4.69, 9.17) is 10.5 Å². The number of hydrogen-bond donors (Lipinski definition) is 1. The predicted molar refractivity (Wildman–Crippen MR) is 70.5 cm³/mol. The van der Waals surface area contributed by atoms with E-state index in [1.54, 1.807) is 6.20 Å². The van der Waals surface area contributed by atoms with Gasteiger partial charge < -0.3 is 10.5 Å². The fourth-order valence-corrected chi connectivity index (χ4v) is 2.37. The summed E-state index contributed by atoms with van der Waals surface area (Å²) in [6.45, 7) is 0. The summed E-state index contributed by atoms with van der Waals surface area (Å²) in [4.78, 5) is 4.11. The van der Waals surface area contributed by atoms with Gasteiger partial charge in [-0.05, 0) is 29.7 Å². The van der Waals surface area contributed by atoms with Gasteiger partial charge >= 0.3 is 0 Å². The lowest BCUT2D eigenvalue weighted by molar-refractivity contribution is 0.198. The van der Waals surface area contributed by atoms with E-state index in [0.29, 0.717) is 0 Å². The summed E-state index contributed by atoms with van der Waals surface area (Å²) in [6.07, 6.45) is 5.41. The number of ether oxygens (including phenoxy) is 1. The third kappa shape index (κ3) is 2.22. The summed E-state index contributed by atoms with van der Waals surface area (Å²) in [5, 5.41) is 0. The van der Waals surface area contributed by atoms with Crippen molar-refractivity contribution in [1.29, 1.82) is 0 Å². The van der Waals surface area contributed by atoms with Crippen LogP contribution in [-0.4, -0.2) is 17.1 Å². The Bertz CT molecular complexity index is 502. The second kappa shape index (κ2) is 4.78. The van der Waals surface area contributed by atoms with Crippen LogP contribution in [0.5, 0.6) is 5.75 Å². The summed E-state index contributed by atoms with van der Waals surface area (Å²) in [6, 6.07) is 12.1. The molecule has 0 saturated heterocycles. The van der Waals surface area contributed by atoms with Gasteiger partial charge in [0.15, 0.2) is 0 Å². The van der Waals surface area contributed by atoms with E-state index in [1.165, 1.54) is 5.56 Å². The van der Waals surface area contributed by atoms with E-state index in [0.717, 1.165) is 24.2 Å². The Morgan fingerprint density at radius 2 is 2.17 bits per heavy atom. The van der Waals surface area contributed by atoms with Crippen molar-refractivity contribution in [2.45, 2.75) is 25.0 Å². The van der Waals surface area contributed by atoms with Crippen LogP contribution in [0, 0.1) is 0 Å². The summed E-state index contributed by atoms with van der Waals surface area (Å²) in [5.74, 6) is 0.976. The molecule has 2 unspecified atom stereocenters. The molecule has 0 fully saturated rings. The summed E-state index contributed by atoms with van der Waals surface area (Å²) in [7, 11) is 0. The SMILES string of the molecule is NC(Cc1cccnc1)C1Cc2ccccc2O1.